The highest BCUT2D eigenvalue weighted by Crippen LogP contribution is 2.36. The van der Waals surface area contributed by atoms with Crippen LogP contribution in [0.5, 0.6) is 0 Å². The normalized spacial score (nSPS) is 11.2. The Bertz CT molecular complexity index is 869. The second kappa shape index (κ2) is 9.20. The molecule has 150 valence electrons. The van der Waals surface area contributed by atoms with E-state index in [-0.39, 0.29) is 30.9 Å². The van der Waals surface area contributed by atoms with E-state index in [0.717, 1.165) is 17.0 Å². The number of amides is 2. The molecule has 0 spiro atoms. The van der Waals surface area contributed by atoms with Gasteiger partial charge in [0.05, 0.1) is 22.0 Å². The summed E-state index contributed by atoms with van der Waals surface area (Å²) >= 11 is 6.81. The minimum absolute atomic E-state index is 0.0113. The van der Waals surface area contributed by atoms with Gasteiger partial charge in [0, 0.05) is 25.6 Å². The minimum Gasteiger partial charge on any atom is -0.336 e. The summed E-state index contributed by atoms with van der Waals surface area (Å²) in [5.41, 5.74) is -1.15. The molecule has 5 nitrogen and oxygen atoms in total. The maximum absolute atomic E-state index is 12.9. The van der Waals surface area contributed by atoms with Gasteiger partial charge in [-0.3, -0.25) is 14.4 Å². The molecule has 1 heterocycles. The van der Waals surface area contributed by atoms with Crippen LogP contribution in [0.2, 0.25) is 5.02 Å². The predicted molar refractivity (Wildman–Crippen MR) is 101 cm³/mol. The number of ketones is 1. The Labute approximate surface area is 168 Å². The lowest BCUT2D eigenvalue weighted by atomic mass is 10.2. The van der Waals surface area contributed by atoms with Crippen molar-refractivity contribution < 1.29 is 27.6 Å². The van der Waals surface area contributed by atoms with Gasteiger partial charge >= 0.3 is 6.18 Å². The third kappa shape index (κ3) is 6.07. The van der Waals surface area contributed by atoms with Crippen molar-refractivity contribution in [3.05, 3.63) is 51.2 Å². The fourth-order valence-corrected chi connectivity index (χ4v) is 3.22. The van der Waals surface area contributed by atoms with E-state index in [1.165, 1.54) is 24.5 Å². The van der Waals surface area contributed by atoms with Gasteiger partial charge < -0.3 is 10.2 Å². The lowest BCUT2D eigenvalue weighted by Crippen LogP contribution is -2.35. The topological polar surface area (TPSA) is 66.5 Å². The molecule has 2 aromatic rings. The van der Waals surface area contributed by atoms with E-state index < -0.39 is 28.6 Å². The summed E-state index contributed by atoms with van der Waals surface area (Å²) in [6.07, 6.45) is -4.71. The Hall–Kier alpha value is -2.39. The molecule has 0 saturated carbocycles. The molecular formula is C18H16ClF3N2O3S. The van der Waals surface area contributed by atoms with Crippen LogP contribution < -0.4 is 5.32 Å². The molecule has 0 saturated heterocycles. The lowest BCUT2D eigenvalue weighted by Gasteiger charge is -2.17. The van der Waals surface area contributed by atoms with E-state index in [1.54, 1.807) is 17.5 Å². The molecule has 0 aliphatic rings. The summed E-state index contributed by atoms with van der Waals surface area (Å²) in [5.74, 6) is -1.26. The number of hydrogen-bond donors (Lipinski definition) is 1. The number of alkyl halides is 3. The first-order valence-electron chi connectivity index (χ1n) is 8.05. The van der Waals surface area contributed by atoms with Crippen LogP contribution in [-0.4, -0.2) is 36.1 Å². The molecule has 0 fully saturated rings. The van der Waals surface area contributed by atoms with Crippen LogP contribution in [0.4, 0.5) is 18.9 Å². The lowest BCUT2D eigenvalue weighted by molar-refractivity contribution is -0.137. The Morgan fingerprint density at radius 2 is 1.89 bits per heavy atom. The summed E-state index contributed by atoms with van der Waals surface area (Å²) in [5, 5.41) is 3.58. The number of Topliss-reactive ketones (excluding diaryl/α,β-unsaturated/α-hetero) is 1. The molecule has 0 bridgehead atoms. The Morgan fingerprint density at radius 1 is 1.18 bits per heavy atom. The van der Waals surface area contributed by atoms with Crippen molar-refractivity contribution in [2.24, 2.45) is 0 Å². The van der Waals surface area contributed by atoms with Gasteiger partial charge in [0.15, 0.2) is 5.78 Å². The van der Waals surface area contributed by atoms with Gasteiger partial charge in [-0.25, -0.2) is 0 Å². The van der Waals surface area contributed by atoms with Gasteiger partial charge in [-0.1, -0.05) is 17.7 Å². The Balaban J connectivity index is 1.88. The first kappa shape index (κ1) is 21.9. The van der Waals surface area contributed by atoms with Gasteiger partial charge in [0.25, 0.3) is 0 Å². The van der Waals surface area contributed by atoms with Crippen molar-refractivity contribution in [3.8, 4) is 0 Å². The first-order valence-corrected chi connectivity index (χ1v) is 9.31. The number of carbonyl (C=O) groups is 3. The number of thiophene rings is 1. The number of benzene rings is 1. The van der Waals surface area contributed by atoms with Crippen LogP contribution in [-0.2, 0) is 15.8 Å². The average molecular weight is 433 g/mol. The third-order valence-corrected chi connectivity index (χ3v) is 4.96. The maximum atomic E-state index is 12.9. The van der Waals surface area contributed by atoms with Gasteiger partial charge in [-0.2, -0.15) is 13.2 Å². The molecule has 2 rings (SSSR count). The molecule has 28 heavy (non-hydrogen) atoms. The van der Waals surface area contributed by atoms with Crippen molar-refractivity contribution in [3.63, 3.8) is 0 Å². The van der Waals surface area contributed by atoms with E-state index in [9.17, 15) is 27.6 Å². The molecular weight excluding hydrogens is 417 g/mol. The van der Waals surface area contributed by atoms with E-state index in [4.69, 9.17) is 11.6 Å². The average Bonchev–Trinajstić information content (AvgIpc) is 3.14. The molecule has 0 aliphatic heterocycles. The first-order chi connectivity index (χ1) is 13.1. The zero-order valence-electron chi connectivity index (χ0n) is 14.7. The summed E-state index contributed by atoms with van der Waals surface area (Å²) < 4.78 is 38.6. The standard InChI is InChI=1S/C18H16ClF3N2O3S/c1-24(17(27)7-6-14(25)15-3-2-8-28-15)10-16(26)23-11-4-5-13(19)12(9-11)18(20,21)22/h2-5,8-9H,6-7,10H2,1H3,(H,23,26). The second-order valence-corrected chi connectivity index (χ2v) is 7.25. The molecule has 2 amide bonds. The number of halogens is 4. The van der Waals surface area contributed by atoms with Gasteiger partial charge in [0.2, 0.25) is 11.8 Å². The van der Waals surface area contributed by atoms with Crippen LogP contribution in [0.1, 0.15) is 28.1 Å². The SMILES string of the molecule is CN(CC(=O)Nc1ccc(Cl)c(C(F)(F)F)c1)C(=O)CCC(=O)c1cccs1. The zero-order valence-corrected chi connectivity index (χ0v) is 16.2. The zero-order chi connectivity index (χ0) is 20.9. The Morgan fingerprint density at radius 3 is 2.50 bits per heavy atom. The highest BCUT2D eigenvalue weighted by atomic mass is 35.5. The number of nitrogens with one attached hydrogen (secondary N) is 1. The monoisotopic (exact) mass is 432 g/mol. The Kier molecular flexibility index (Phi) is 7.20. The van der Waals surface area contributed by atoms with Crippen LogP contribution in [0.15, 0.2) is 35.7 Å². The van der Waals surface area contributed by atoms with Crippen LogP contribution in [0.25, 0.3) is 0 Å². The molecule has 1 aromatic carbocycles. The van der Waals surface area contributed by atoms with Crippen LogP contribution in [0, 0.1) is 0 Å². The summed E-state index contributed by atoms with van der Waals surface area (Å²) in [7, 11) is 1.38. The molecule has 0 atom stereocenters. The van der Waals surface area contributed by atoms with Crippen molar-refractivity contribution in [2.75, 3.05) is 18.9 Å². The van der Waals surface area contributed by atoms with Crippen molar-refractivity contribution >= 4 is 46.2 Å². The number of anilines is 1. The number of rotatable bonds is 7. The number of carbonyl (C=O) groups excluding carboxylic acids is 3. The van der Waals surface area contributed by atoms with Crippen LogP contribution in [0.3, 0.4) is 0 Å². The maximum Gasteiger partial charge on any atom is 0.417 e. The molecule has 0 unspecified atom stereocenters. The quantitative estimate of drug-likeness (QED) is 0.656. The van der Waals surface area contributed by atoms with Gasteiger partial charge in [-0.05, 0) is 29.6 Å². The number of nitrogens with zero attached hydrogens (tertiary/aromatic N) is 1. The summed E-state index contributed by atoms with van der Waals surface area (Å²) in [6, 6.07) is 6.39. The van der Waals surface area contributed by atoms with Crippen LogP contribution >= 0.6 is 22.9 Å². The van der Waals surface area contributed by atoms with Gasteiger partial charge in [-0.15, -0.1) is 11.3 Å². The molecule has 10 heteroatoms. The third-order valence-electron chi connectivity index (χ3n) is 3.72. The summed E-state index contributed by atoms with van der Waals surface area (Å²) in [6.45, 7) is -0.365. The van der Waals surface area contributed by atoms with Crippen molar-refractivity contribution in [1.82, 2.24) is 4.90 Å². The molecule has 0 aliphatic carbocycles. The van der Waals surface area contributed by atoms with Crippen molar-refractivity contribution in [1.29, 1.82) is 0 Å². The number of likely N-dealkylation sites (N-methyl/N-ethyl adjacent to an activating group) is 1. The van der Waals surface area contributed by atoms with E-state index in [2.05, 4.69) is 5.32 Å². The number of hydrogen-bond acceptors (Lipinski definition) is 4. The van der Waals surface area contributed by atoms with E-state index in [0.29, 0.717) is 4.88 Å². The predicted octanol–water partition coefficient (Wildman–Crippen LogP) is 4.48. The minimum atomic E-state index is -4.65. The molecule has 1 aromatic heterocycles. The highest BCUT2D eigenvalue weighted by Gasteiger charge is 2.33. The highest BCUT2D eigenvalue weighted by molar-refractivity contribution is 7.12. The fraction of sp³-hybridized carbons (Fsp3) is 0.278. The smallest absolute Gasteiger partial charge is 0.336 e. The molecule has 0 radical (unpaired) electrons. The van der Waals surface area contributed by atoms with Crippen molar-refractivity contribution in [2.45, 2.75) is 19.0 Å². The summed E-state index contributed by atoms with van der Waals surface area (Å²) in [4.78, 5) is 37.6. The second-order valence-electron chi connectivity index (χ2n) is 5.89. The molecule has 1 N–H and O–H groups in total. The van der Waals surface area contributed by atoms with E-state index >= 15 is 0 Å². The fourth-order valence-electron chi connectivity index (χ4n) is 2.30. The van der Waals surface area contributed by atoms with E-state index in [1.807, 2.05) is 0 Å². The van der Waals surface area contributed by atoms with Gasteiger partial charge in [0.1, 0.15) is 0 Å². The largest absolute Gasteiger partial charge is 0.417 e.